The molecule has 0 radical (unpaired) electrons. The lowest BCUT2D eigenvalue weighted by molar-refractivity contribution is 0.288. The Kier molecular flexibility index (Phi) is 3.01. The van der Waals surface area contributed by atoms with Crippen molar-refractivity contribution in [2.45, 2.75) is 26.7 Å². The van der Waals surface area contributed by atoms with E-state index in [0.717, 1.165) is 12.8 Å². The molecule has 2 heteroatoms. The maximum Gasteiger partial charge on any atom is 0.0482 e. The van der Waals surface area contributed by atoms with E-state index in [0.29, 0.717) is 0 Å². The third-order valence-corrected chi connectivity index (χ3v) is 3.50. The predicted octanol–water partition coefficient (Wildman–Crippen LogP) is 2.72. The van der Waals surface area contributed by atoms with Gasteiger partial charge in [-0.2, -0.15) is 0 Å². The molecule has 1 aromatic heterocycles. The van der Waals surface area contributed by atoms with Gasteiger partial charge in [0.25, 0.3) is 0 Å². The summed E-state index contributed by atoms with van der Waals surface area (Å²) in [4.78, 5) is 0. The first-order valence-corrected chi connectivity index (χ1v) is 5.80. The first-order chi connectivity index (χ1) is 7.65. The maximum atomic E-state index is 8.84. The Bertz CT molecular complexity index is 511. The molecule has 0 saturated heterocycles. The third kappa shape index (κ3) is 1.74. The highest BCUT2D eigenvalue weighted by Gasteiger charge is 2.08. The lowest BCUT2D eigenvalue weighted by atomic mass is 10.1. The Morgan fingerprint density at radius 1 is 1.25 bits per heavy atom. The molecule has 0 unspecified atom stereocenters. The summed E-state index contributed by atoms with van der Waals surface area (Å²) in [5, 5.41) is 10.2. The van der Waals surface area contributed by atoms with Crippen LogP contribution in [0.1, 0.15) is 23.2 Å². The molecule has 0 spiro atoms. The quantitative estimate of drug-likeness (QED) is 0.840. The van der Waals surface area contributed by atoms with E-state index >= 15 is 0 Å². The lowest BCUT2D eigenvalue weighted by Crippen LogP contribution is -1.91. The van der Waals surface area contributed by atoms with E-state index in [1.807, 2.05) is 0 Å². The van der Waals surface area contributed by atoms with Crippen molar-refractivity contribution in [2.75, 3.05) is 6.61 Å². The van der Waals surface area contributed by atoms with Crippen molar-refractivity contribution in [2.24, 2.45) is 7.05 Å². The standard InChI is InChI=1S/C14H19NO/c1-10-11(2)15(3)14-7-6-12(5-4-8-16)9-13(10)14/h6-7,9,16H,4-5,8H2,1-3H3. The molecule has 0 aliphatic heterocycles. The Hall–Kier alpha value is -1.28. The van der Waals surface area contributed by atoms with E-state index in [1.54, 1.807) is 0 Å². The predicted molar refractivity (Wildman–Crippen MR) is 67.8 cm³/mol. The van der Waals surface area contributed by atoms with Crippen molar-refractivity contribution in [3.8, 4) is 0 Å². The first-order valence-electron chi connectivity index (χ1n) is 5.80. The molecule has 16 heavy (non-hydrogen) atoms. The van der Waals surface area contributed by atoms with Crippen LogP contribution in [0.25, 0.3) is 10.9 Å². The fourth-order valence-electron chi connectivity index (χ4n) is 2.24. The fourth-order valence-corrected chi connectivity index (χ4v) is 2.24. The molecule has 0 aliphatic carbocycles. The number of benzene rings is 1. The zero-order chi connectivity index (χ0) is 11.7. The van der Waals surface area contributed by atoms with Gasteiger partial charge in [-0.3, -0.25) is 0 Å². The Morgan fingerprint density at radius 3 is 2.69 bits per heavy atom. The van der Waals surface area contributed by atoms with E-state index in [4.69, 9.17) is 5.11 Å². The highest BCUT2D eigenvalue weighted by molar-refractivity contribution is 5.85. The minimum atomic E-state index is 0.269. The van der Waals surface area contributed by atoms with Gasteiger partial charge < -0.3 is 9.67 Å². The highest BCUT2D eigenvalue weighted by atomic mass is 16.2. The summed E-state index contributed by atoms with van der Waals surface area (Å²) in [6.45, 7) is 4.60. The van der Waals surface area contributed by atoms with Crippen LogP contribution in [0, 0.1) is 13.8 Å². The molecular formula is C14H19NO. The van der Waals surface area contributed by atoms with Crippen molar-refractivity contribution >= 4 is 10.9 Å². The largest absolute Gasteiger partial charge is 0.396 e. The summed E-state index contributed by atoms with van der Waals surface area (Å²) < 4.78 is 2.24. The Morgan fingerprint density at radius 2 is 2.00 bits per heavy atom. The molecule has 0 atom stereocenters. The van der Waals surface area contributed by atoms with Gasteiger partial charge in [-0.1, -0.05) is 6.07 Å². The Labute approximate surface area is 96.5 Å². The van der Waals surface area contributed by atoms with Crippen molar-refractivity contribution in [3.63, 3.8) is 0 Å². The smallest absolute Gasteiger partial charge is 0.0482 e. The van der Waals surface area contributed by atoms with E-state index < -0.39 is 0 Å². The number of aromatic nitrogens is 1. The number of hydrogen-bond donors (Lipinski definition) is 1. The molecule has 0 fully saturated rings. The number of rotatable bonds is 3. The van der Waals surface area contributed by atoms with Gasteiger partial charge in [0.15, 0.2) is 0 Å². The third-order valence-electron chi connectivity index (χ3n) is 3.50. The van der Waals surface area contributed by atoms with Crippen LogP contribution >= 0.6 is 0 Å². The van der Waals surface area contributed by atoms with E-state index in [9.17, 15) is 0 Å². The van der Waals surface area contributed by atoms with Crippen LogP contribution in [0.15, 0.2) is 18.2 Å². The molecular weight excluding hydrogens is 198 g/mol. The van der Waals surface area contributed by atoms with E-state index in [1.165, 1.54) is 27.7 Å². The van der Waals surface area contributed by atoms with Crippen LogP contribution < -0.4 is 0 Å². The van der Waals surface area contributed by atoms with Gasteiger partial charge in [0.05, 0.1) is 0 Å². The summed E-state index contributed by atoms with van der Waals surface area (Å²) in [6.07, 6.45) is 1.80. The molecule has 0 amide bonds. The zero-order valence-corrected chi connectivity index (χ0v) is 10.2. The molecule has 2 nitrogen and oxygen atoms in total. The molecule has 0 bridgehead atoms. The van der Waals surface area contributed by atoms with Gasteiger partial charge in [0.2, 0.25) is 0 Å². The second kappa shape index (κ2) is 4.30. The number of fused-ring (bicyclic) bond motifs is 1. The van der Waals surface area contributed by atoms with Crippen molar-refractivity contribution in [1.82, 2.24) is 4.57 Å². The van der Waals surface area contributed by atoms with E-state index in [2.05, 4.69) is 43.7 Å². The minimum absolute atomic E-state index is 0.269. The van der Waals surface area contributed by atoms with Crippen LogP contribution in [0.2, 0.25) is 0 Å². The summed E-state index contributed by atoms with van der Waals surface area (Å²) in [7, 11) is 2.11. The molecule has 2 aromatic rings. The van der Waals surface area contributed by atoms with Crippen LogP contribution in [0.4, 0.5) is 0 Å². The first kappa shape index (κ1) is 11.2. The maximum absolute atomic E-state index is 8.84. The summed E-state index contributed by atoms with van der Waals surface area (Å²) in [5.41, 5.74) is 5.30. The molecule has 1 aromatic carbocycles. The van der Waals surface area contributed by atoms with Gasteiger partial charge in [0, 0.05) is 30.3 Å². The van der Waals surface area contributed by atoms with Crippen molar-refractivity contribution in [3.05, 3.63) is 35.0 Å². The number of aliphatic hydroxyl groups is 1. The highest BCUT2D eigenvalue weighted by Crippen LogP contribution is 2.25. The average molecular weight is 217 g/mol. The second-order valence-corrected chi connectivity index (χ2v) is 4.45. The molecule has 1 N–H and O–H groups in total. The molecule has 86 valence electrons. The normalized spacial score (nSPS) is 11.2. The number of aryl methyl sites for hydroxylation is 3. The monoisotopic (exact) mass is 217 g/mol. The lowest BCUT2D eigenvalue weighted by Gasteiger charge is -2.01. The van der Waals surface area contributed by atoms with Gasteiger partial charge in [-0.05, 0) is 49.9 Å². The van der Waals surface area contributed by atoms with Crippen molar-refractivity contribution in [1.29, 1.82) is 0 Å². The molecule has 0 saturated carbocycles. The van der Waals surface area contributed by atoms with Gasteiger partial charge in [-0.15, -0.1) is 0 Å². The molecule has 0 aliphatic rings. The molecule has 1 heterocycles. The number of aliphatic hydroxyl groups excluding tert-OH is 1. The SMILES string of the molecule is Cc1c(C)n(C)c2ccc(CCCO)cc12. The number of hydrogen-bond acceptors (Lipinski definition) is 1. The van der Waals surface area contributed by atoms with Gasteiger partial charge in [0.1, 0.15) is 0 Å². The average Bonchev–Trinajstić information content (AvgIpc) is 2.52. The van der Waals surface area contributed by atoms with Crippen LogP contribution in [-0.4, -0.2) is 16.3 Å². The zero-order valence-electron chi connectivity index (χ0n) is 10.2. The van der Waals surface area contributed by atoms with Gasteiger partial charge >= 0.3 is 0 Å². The van der Waals surface area contributed by atoms with Crippen LogP contribution in [0.3, 0.4) is 0 Å². The summed E-state index contributed by atoms with van der Waals surface area (Å²) in [6, 6.07) is 6.60. The summed E-state index contributed by atoms with van der Waals surface area (Å²) in [5.74, 6) is 0. The van der Waals surface area contributed by atoms with E-state index in [-0.39, 0.29) is 6.61 Å². The Balaban J connectivity index is 2.49. The van der Waals surface area contributed by atoms with Crippen molar-refractivity contribution < 1.29 is 5.11 Å². The topological polar surface area (TPSA) is 25.2 Å². The van der Waals surface area contributed by atoms with Crippen LogP contribution in [-0.2, 0) is 13.5 Å². The fraction of sp³-hybridized carbons (Fsp3) is 0.429. The van der Waals surface area contributed by atoms with Crippen LogP contribution in [0.5, 0.6) is 0 Å². The van der Waals surface area contributed by atoms with Gasteiger partial charge in [-0.25, -0.2) is 0 Å². The summed E-state index contributed by atoms with van der Waals surface area (Å²) >= 11 is 0. The minimum Gasteiger partial charge on any atom is -0.396 e. The number of nitrogens with zero attached hydrogens (tertiary/aromatic N) is 1. The second-order valence-electron chi connectivity index (χ2n) is 4.45. The molecule has 2 rings (SSSR count).